The highest BCUT2D eigenvalue weighted by atomic mass is 19.1. The van der Waals surface area contributed by atoms with Gasteiger partial charge in [0.05, 0.1) is 0 Å². The van der Waals surface area contributed by atoms with Crippen LogP contribution in [0.4, 0.5) is 27.4 Å². The van der Waals surface area contributed by atoms with Gasteiger partial charge in [0, 0.05) is 38.4 Å². The van der Waals surface area contributed by atoms with E-state index in [1.807, 2.05) is 30.3 Å². The summed E-state index contributed by atoms with van der Waals surface area (Å²) in [5, 5.41) is 3.33. The maximum absolute atomic E-state index is 13.1. The van der Waals surface area contributed by atoms with Crippen LogP contribution >= 0.6 is 0 Å². The van der Waals surface area contributed by atoms with Gasteiger partial charge in [-0.2, -0.15) is 0 Å². The smallest absolute Gasteiger partial charge is 0.157 e. The zero-order valence-corrected chi connectivity index (χ0v) is 16.3. The van der Waals surface area contributed by atoms with Gasteiger partial charge in [0.1, 0.15) is 17.8 Å². The molecule has 2 heterocycles. The van der Waals surface area contributed by atoms with Crippen molar-refractivity contribution in [3.05, 3.63) is 72.3 Å². The molecule has 29 heavy (non-hydrogen) atoms. The van der Waals surface area contributed by atoms with Crippen LogP contribution < -0.4 is 20.9 Å². The van der Waals surface area contributed by atoms with Gasteiger partial charge in [-0.25, -0.2) is 14.4 Å². The summed E-state index contributed by atoms with van der Waals surface area (Å²) in [4.78, 5) is 13.2. The van der Waals surface area contributed by atoms with Crippen molar-refractivity contribution in [1.29, 1.82) is 0 Å². The number of benzene rings is 2. The predicted octanol–water partition coefficient (Wildman–Crippen LogP) is 3.18. The number of aromatic nitrogens is 2. The zero-order chi connectivity index (χ0) is 20.1. The Balaban J connectivity index is 1.36. The van der Waals surface area contributed by atoms with Gasteiger partial charge in [-0.3, -0.25) is 0 Å². The van der Waals surface area contributed by atoms with Crippen LogP contribution in [0.15, 0.2) is 60.9 Å². The minimum absolute atomic E-state index is 0.214. The highest BCUT2D eigenvalue weighted by Crippen LogP contribution is 2.27. The summed E-state index contributed by atoms with van der Waals surface area (Å²) < 4.78 is 13.1. The van der Waals surface area contributed by atoms with Crippen LogP contribution in [0.2, 0.25) is 0 Å². The molecule has 0 atom stereocenters. The molecule has 0 saturated carbocycles. The number of hydrogen-bond donors (Lipinski definition) is 2. The van der Waals surface area contributed by atoms with Crippen LogP contribution in [0.3, 0.4) is 0 Å². The lowest BCUT2D eigenvalue weighted by Gasteiger charge is -2.37. The summed E-state index contributed by atoms with van der Waals surface area (Å²) in [6.07, 6.45) is 2.46. The van der Waals surface area contributed by atoms with Crippen LogP contribution in [0.25, 0.3) is 0 Å². The fourth-order valence-electron chi connectivity index (χ4n) is 3.58. The maximum Gasteiger partial charge on any atom is 0.157 e. The Labute approximate surface area is 170 Å². The molecule has 0 radical (unpaired) electrons. The van der Waals surface area contributed by atoms with Crippen LogP contribution in [-0.2, 0) is 6.42 Å². The van der Waals surface area contributed by atoms with Crippen LogP contribution in [-0.4, -0.2) is 42.7 Å². The van der Waals surface area contributed by atoms with Crippen molar-refractivity contribution < 1.29 is 4.39 Å². The second-order valence-corrected chi connectivity index (χ2v) is 7.07. The largest absolute Gasteiger partial charge is 0.393 e. The van der Waals surface area contributed by atoms with E-state index >= 15 is 0 Å². The standard InChI is InChI=1S/C22H25FN6/c23-18-6-8-19(9-7-18)28-12-14-29(15-13-28)22-20(24)21(26-16-27-22)25-11-10-17-4-2-1-3-5-17/h1-9,16H,10-15,24H2,(H,25,26,27). The van der Waals surface area contributed by atoms with Gasteiger partial charge in [-0.15, -0.1) is 0 Å². The first-order valence-electron chi connectivity index (χ1n) is 9.84. The van der Waals surface area contributed by atoms with E-state index in [-0.39, 0.29) is 5.82 Å². The predicted molar refractivity (Wildman–Crippen MR) is 116 cm³/mol. The number of nitrogens with zero attached hydrogens (tertiary/aromatic N) is 4. The van der Waals surface area contributed by atoms with Gasteiger partial charge in [0.15, 0.2) is 11.6 Å². The Hall–Kier alpha value is -3.35. The fourth-order valence-corrected chi connectivity index (χ4v) is 3.58. The Bertz CT molecular complexity index is 924. The molecule has 3 N–H and O–H groups in total. The number of anilines is 4. The lowest BCUT2D eigenvalue weighted by Crippen LogP contribution is -2.47. The van der Waals surface area contributed by atoms with Crippen molar-refractivity contribution in [2.75, 3.05) is 53.6 Å². The molecular weight excluding hydrogens is 367 g/mol. The molecule has 7 heteroatoms. The normalized spacial score (nSPS) is 14.1. The van der Waals surface area contributed by atoms with E-state index in [1.165, 1.54) is 17.7 Å². The summed E-state index contributed by atoms with van der Waals surface area (Å²) in [6.45, 7) is 3.99. The molecule has 2 aromatic carbocycles. The Morgan fingerprint density at radius 2 is 1.59 bits per heavy atom. The summed E-state index contributed by atoms with van der Waals surface area (Å²) in [7, 11) is 0. The number of nitrogens with two attached hydrogens (primary N) is 1. The van der Waals surface area contributed by atoms with Gasteiger partial charge in [0.2, 0.25) is 0 Å². The Kier molecular flexibility index (Phi) is 5.74. The van der Waals surface area contributed by atoms with Crippen molar-refractivity contribution in [2.24, 2.45) is 0 Å². The van der Waals surface area contributed by atoms with E-state index in [2.05, 4.69) is 37.2 Å². The zero-order valence-electron chi connectivity index (χ0n) is 16.3. The van der Waals surface area contributed by atoms with Crippen molar-refractivity contribution in [3.63, 3.8) is 0 Å². The highest BCUT2D eigenvalue weighted by molar-refractivity contribution is 5.75. The SMILES string of the molecule is Nc1c(NCCc2ccccc2)ncnc1N1CCN(c2ccc(F)cc2)CC1. The molecule has 1 fully saturated rings. The fraction of sp³-hybridized carbons (Fsp3) is 0.273. The van der Waals surface area contributed by atoms with Gasteiger partial charge >= 0.3 is 0 Å². The van der Waals surface area contributed by atoms with Crippen molar-refractivity contribution in [3.8, 4) is 0 Å². The van der Waals surface area contributed by atoms with E-state index in [1.54, 1.807) is 6.33 Å². The van der Waals surface area contributed by atoms with E-state index in [0.717, 1.165) is 50.6 Å². The molecule has 0 unspecified atom stereocenters. The van der Waals surface area contributed by atoms with Gasteiger partial charge in [0.25, 0.3) is 0 Å². The average molecular weight is 392 g/mol. The maximum atomic E-state index is 13.1. The third kappa shape index (κ3) is 4.56. The van der Waals surface area contributed by atoms with Crippen LogP contribution in [0.5, 0.6) is 0 Å². The van der Waals surface area contributed by atoms with Gasteiger partial charge in [-0.05, 0) is 36.2 Å². The topological polar surface area (TPSA) is 70.3 Å². The van der Waals surface area contributed by atoms with E-state index in [0.29, 0.717) is 11.5 Å². The lowest BCUT2D eigenvalue weighted by molar-refractivity contribution is 0.624. The number of nitrogens with one attached hydrogen (secondary N) is 1. The van der Waals surface area contributed by atoms with E-state index < -0.39 is 0 Å². The van der Waals surface area contributed by atoms with Crippen LogP contribution in [0, 0.1) is 5.82 Å². The van der Waals surface area contributed by atoms with E-state index in [9.17, 15) is 4.39 Å². The monoisotopic (exact) mass is 392 g/mol. The highest BCUT2D eigenvalue weighted by Gasteiger charge is 2.21. The first-order chi connectivity index (χ1) is 14.2. The second-order valence-electron chi connectivity index (χ2n) is 7.07. The molecule has 0 aliphatic carbocycles. The molecule has 1 aromatic heterocycles. The lowest BCUT2D eigenvalue weighted by atomic mass is 10.1. The molecule has 150 valence electrons. The molecule has 1 aliphatic heterocycles. The Morgan fingerprint density at radius 1 is 0.897 bits per heavy atom. The number of hydrogen-bond acceptors (Lipinski definition) is 6. The summed E-state index contributed by atoms with van der Waals surface area (Å²) >= 11 is 0. The van der Waals surface area contributed by atoms with Gasteiger partial charge < -0.3 is 20.9 Å². The summed E-state index contributed by atoms with van der Waals surface area (Å²) in [5.41, 5.74) is 9.25. The minimum Gasteiger partial charge on any atom is -0.393 e. The molecule has 4 rings (SSSR count). The van der Waals surface area contributed by atoms with E-state index in [4.69, 9.17) is 5.73 Å². The van der Waals surface area contributed by atoms with Crippen molar-refractivity contribution >= 4 is 23.0 Å². The molecular formula is C22H25FN6. The van der Waals surface area contributed by atoms with Crippen LogP contribution in [0.1, 0.15) is 5.56 Å². The second kappa shape index (κ2) is 8.77. The first-order valence-corrected chi connectivity index (χ1v) is 9.84. The molecule has 0 spiro atoms. The molecule has 3 aromatic rings. The minimum atomic E-state index is -0.214. The summed E-state index contributed by atoms with van der Waals surface area (Å²) in [5.74, 6) is 1.22. The molecule has 6 nitrogen and oxygen atoms in total. The molecule has 0 bridgehead atoms. The quantitative estimate of drug-likeness (QED) is 0.671. The third-order valence-electron chi connectivity index (χ3n) is 5.18. The number of piperazine rings is 1. The Morgan fingerprint density at radius 3 is 2.31 bits per heavy atom. The molecule has 1 saturated heterocycles. The number of halogens is 1. The average Bonchev–Trinajstić information content (AvgIpc) is 2.76. The molecule has 0 amide bonds. The van der Waals surface area contributed by atoms with Gasteiger partial charge in [-0.1, -0.05) is 30.3 Å². The third-order valence-corrected chi connectivity index (χ3v) is 5.18. The van der Waals surface area contributed by atoms with Crippen molar-refractivity contribution in [1.82, 2.24) is 9.97 Å². The number of nitrogen functional groups attached to an aromatic ring is 1. The number of rotatable bonds is 6. The summed E-state index contributed by atoms with van der Waals surface area (Å²) in [6, 6.07) is 16.9. The van der Waals surface area contributed by atoms with Crippen molar-refractivity contribution in [2.45, 2.75) is 6.42 Å². The first kappa shape index (κ1) is 19.0. The molecule has 1 aliphatic rings.